The van der Waals surface area contributed by atoms with E-state index in [0.717, 1.165) is 12.8 Å². The largest absolute Gasteiger partial charge is 0.395 e. The number of hydrogen-bond acceptors (Lipinski definition) is 4. The molecule has 2 atom stereocenters. The first kappa shape index (κ1) is 10.4. The summed E-state index contributed by atoms with van der Waals surface area (Å²) in [6.07, 6.45) is 1.21. The van der Waals surface area contributed by atoms with E-state index in [4.69, 9.17) is 15.6 Å². The Labute approximate surface area is 77.2 Å². The number of ether oxygens (including phenoxy) is 1. The van der Waals surface area contributed by atoms with Crippen LogP contribution in [0.3, 0.4) is 0 Å². The Morgan fingerprint density at radius 2 is 2.38 bits per heavy atom. The molecular formula is C8H16N2O3. The maximum absolute atomic E-state index is 11.3. The van der Waals surface area contributed by atoms with E-state index in [0.29, 0.717) is 6.54 Å². The fraction of sp³-hybridized carbons (Fsp3) is 0.875. The molecule has 76 valence electrons. The number of nitrogens with two attached hydrogens (primary N) is 1. The van der Waals surface area contributed by atoms with Crippen LogP contribution in [0.5, 0.6) is 0 Å². The SMILES string of the molecule is NCC1CCC(C(=O)NCCO)O1. The van der Waals surface area contributed by atoms with Crippen molar-refractivity contribution in [2.45, 2.75) is 25.0 Å². The van der Waals surface area contributed by atoms with Gasteiger partial charge in [0.25, 0.3) is 0 Å². The van der Waals surface area contributed by atoms with Crippen molar-refractivity contribution in [3.8, 4) is 0 Å². The first-order valence-corrected chi connectivity index (χ1v) is 4.52. The smallest absolute Gasteiger partial charge is 0.249 e. The van der Waals surface area contributed by atoms with Gasteiger partial charge in [0.15, 0.2) is 0 Å². The lowest BCUT2D eigenvalue weighted by molar-refractivity contribution is -0.131. The minimum absolute atomic E-state index is 0.0184. The number of rotatable bonds is 4. The van der Waals surface area contributed by atoms with Gasteiger partial charge in [0, 0.05) is 13.1 Å². The predicted octanol–water partition coefficient (Wildman–Crippen LogP) is -1.40. The van der Waals surface area contributed by atoms with Gasteiger partial charge in [0.1, 0.15) is 6.10 Å². The maximum Gasteiger partial charge on any atom is 0.249 e. The fourth-order valence-electron chi connectivity index (χ4n) is 1.36. The van der Waals surface area contributed by atoms with Crippen LogP contribution in [-0.2, 0) is 9.53 Å². The van der Waals surface area contributed by atoms with Crippen LogP contribution in [0.1, 0.15) is 12.8 Å². The summed E-state index contributed by atoms with van der Waals surface area (Å²) >= 11 is 0. The summed E-state index contributed by atoms with van der Waals surface area (Å²) in [7, 11) is 0. The molecule has 0 saturated carbocycles. The average molecular weight is 188 g/mol. The molecule has 0 bridgehead atoms. The second kappa shape index (κ2) is 5.16. The summed E-state index contributed by atoms with van der Waals surface area (Å²) in [4.78, 5) is 11.3. The van der Waals surface area contributed by atoms with E-state index in [-0.39, 0.29) is 31.3 Å². The number of aliphatic hydroxyl groups is 1. The summed E-state index contributed by atoms with van der Waals surface area (Å²) in [6, 6.07) is 0. The topological polar surface area (TPSA) is 84.6 Å². The van der Waals surface area contributed by atoms with Crippen molar-refractivity contribution < 1.29 is 14.6 Å². The van der Waals surface area contributed by atoms with E-state index in [1.165, 1.54) is 0 Å². The third-order valence-corrected chi connectivity index (χ3v) is 2.07. The van der Waals surface area contributed by atoms with Gasteiger partial charge in [0.2, 0.25) is 5.91 Å². The first-order chi connectivity index (χ1) is 6.27. The van der Waals surface area contributed by atoms with Gasteiger partial charge < -0.3 is 20.9 Å². The second-order valence-corrected chi connectivity index (χ2v) is 3.07. The zero-order valence-corrected chi connectivity index (χ0v) is 7.53. The Hall–Kier alpha value is -0.650. The summed E-state index contributed by atoms with van der Waals surface area (Å²) in [5, 5.41) is 11.0. The van der Waals surface area contributed by atoms with Gasteiger partial charge in [-0.25, -0.2) is 0 Å². The van der Waals surface area contributed by atoms with Crippen molar-refractivity contribution in [3.05, 3.63) is 0 Å². The van der Waals surface area contributed by atoms with Crippen molar-refractivity contribution in [1.82, 2.24) is 5.32 Å². The number of nitrogens with one attached hydrogen (secondary N) is 1. The molecule has 0 aromatic rings. The quantitative estimate of drug-likeness (QED) is 0.506. The van der Waals surface area contributed by atoms with Crippen molar-refractivity contribution >= 4 is 5.91 Å². The molecule has 1 amide bonds. The van der Waals surface area contributed by atoms with Crippen LogP contribution in [0.4, 0.5) is 0 Å². The molecule has 1 fully saturated rings. The molecule has 1 rings (SSSR count). The number of aliphatic hydroxyl groups excluding tert-OH is 1. The highest BCUT2D eigenvalue weighted by Crippen LogP contribution is 2.18. The highest BCUT2D eigenvalue weighted by atomic mass is 16.5. The van der Waals surface area contributed by atoms with Gasteiger partial charge in [-0.2, -0.15) is 0 Å². The molecule has 1 aliphatic heterocycles. The molecule has 1 saturated heterocycles. The third kappa shape index (κ3) is 2.95. The van der Waals surface area contributed by atoms with Crippen LogP contribution in [-0.4, -0.2) is 42.9 Å². The summed E-state index contributed by atoms with van der Waals surface area (Å²) in [5.74, 6) is -0.148. The average Bonchev–Trinajstić information content (AvgIpc) is 2.62. The highest BCUT2D eigenvalue weighted by molar-refractivity contribution is 5.80. The van der Waals surface area contributed by atoms with Gasteiger partial charge in [-0.15, -0.1) is 0 Å². The van der Waals surface area contributed by atoms with Crippen LogP contribution in [0.15, 0.2) is 0 Å². The Balaban J connectivity index is 2.25. The van der Waals surface area contributed by atoms with Gasteiger partial charge in [0.05, 0.1) is 12.7 Å². The van der Waals surface area contributed by atoms with Crippen LogP contribution >= 0.6 is 0 Å². The van der Waals surface area contributed by atoms with Crippen molar-refractivity contribution in [2.24, 2.45) is 5.73 Å². The third-order valence-electron chi connectivity index (χ3n) is 2.07. The van der Waals surface area contributed by atoms with E-state index < -0.39 is 0 Å². The molecular weight excluding hydrogens is 172 g/mol. The van der Waals surface area contributed by atoms with E-state index >= 15 is 0 Å². The van der Waals surface area contributed by atoms with Crippen LogP contribution < -0.4 is 11.1 Å². The molecule has 4 N–H and O–H groups in total. The van der Waals surface area contributed by atoms with Gasteiger partial charge in [-0.05, 0) is 12.8 Å². The first-order valence-electron chi connectivity index (χ1n) is 4.52. The molecule has 1 aliphatic rings. The monoisotopic (exact) mass is 188 g/mol. The van der Waals surface area contributed by atoms with E-state index in [9.17, 15) is 4.79 Å². The Morgan fingerprint density at radius 3 is 2.92 bits per heavy atom. The molecule has 2 unspecified atom stereocenters. The second-order valence-electron chi connectivity index (χ2n) is 3.07. The number of carbonyl (C=O) groups excluding carboxylic acids is 1. The molecule has 0 aromatic heterocycles. The summed E-state index contributed by atoms with van der Waals surface area (Å²) in [6.45, 7) is 0.703. The number of carbonyl (C=O) groups is 1. The zero-order valence-electron chi connectivity index (χ0n) is 7.53. The van der Waals surface area contributed by atoms with Crippen molar-refractivity contribution in [1.29, 1.82) is 0 Å². The lowest BCUT2D eigenvalue weighted by Gasteiger charge is -2.11. The number of amides is 1. The Morgan fingerprint density at radius 1 is 1.62 bits per heavy atom. The lowest BCUT2D eigenvalue weighted by atomic mass is 10.2. The van der Waals surface area contributed by atoms with Crippen LogP contribution in [0.2, 0.25) is 0 Å². The Bertz CT molecular complexity index is 175. The Kier molecular flexibility index (Phi) is 4.14. The molecule has 0 spiro atoms. The molecule has 0 aliphatic carbocycles. The van der Waals surface area contributed by atoms with E-state index in [1.807, 2.05) is 0 Å². The van der Waals surface area contributed by atoms with Crippen LogP contribution in [0, 0.1) is 0 Å². The summed E-state index contributed by atoms with van der Waals surface area (Å²) < 4.78 is 5.35. The molecule has 5 heteroatoms. The van der Waals surface area contributed by atoms with E-state index in [1.54, 1.807) is 0 Å². The van der Waals surface area contributed by atoms with Crippen molar-refractivity contribution in [3.63, 3.8) is 0 Å². The fourth-order valence-corrected chi connectivity index (χ4v) is 1.36. The van der Waals surface area contributed by atoms with E-state index in [2.05, 4.69) is 5.32 Å². The molecule has 13 heavy (non-hydrogen) atoms. The molecule has 0 aromatic carbocycles. The standard InChI is InChI=1S/C8H16N2O3/c9-5-6-1-2-7(13-6)8(12)10-3-4-11/h6-7,11H,1-5,9H2,(H,10,12). The van der Waals surface area contributed by atoms with Crippen molar-refractivity contribution in [2.75, 3.05) is 19.7 Å². The minimum Gasteiger partial charge on any atom is -0.395 e. The minimum atomic E-state index is -0.375. The molecule has 1 heterocycles. The lowest BCUT2D eigenvalue weighted by Crippen LogP contribution is -2.36. The summed E-state index contributed by atoms with van der Waals surface area (Å²) in [5.41, 5.74) is 5.40. The number of hydrogen-bond donors (Lipinski definition) is 3. The molecule has 0 radical (unpaired) electrons. The highest BCUT2D eigenvalue weighted by Gasteiger charge is 2.29. The van der Waals surface area contributed by atoms with Gasteiger partial charge in [-0.3, -0.25) is 4.79 Å². The maximum atomic E-state index is 11.3. The normalized spacial score (nSPS) is 27.5. The molecule has 5 nitrogen and oxygen atoms in total. The zero-order chi connectivity index (χ0) is 9.68. The van der Waals surface area contributed by atoms with Gasteiger partial charge >= 0.3 is 0 Å². The predicted molar refractivity (Wildman–Crippen MR) is 47.0 cm³/mol. The van der Waals surface area contributed by atoms with Gasteiger partial charge in [-0.1, -0.05) is 0 Å². The van der Waals surface area contributed by atoms with Crippen LogP contribution in [0.25, 0.3) is 0 Å².